The number of nitriles is 1. The van der Waals surface area contributed by atoms with E-state index in [0.717, 1.165) is 5.56 Å². The summed E-state index contributed by atoms with van der Waals surface area (Å²) in [6.45, 7) is 1.74. The van der Waals surface area contributed by atoms with Crippen molar-refractivity contribution in [2.45, 2.75) is 18.9 Å². The van der Waals surface area contributed by atoms with Gasteiger partial charge in [0.1, 0.15) is 0 Å². The molecule has 2 heteroatoms. The summed E-state index contributed by atoms with van der Waals surface area (Å²) >= 11 is 0. The monoisotopic (exact) mass is 187 g/mol. The largest absolute Gasteiger partial charge is 0.385 e. The van der Waals surface area contributed by atoms with Crippen LogP contribution in [0.4, 0.5) is 0 Å². The lowest BCUT2D eigenvalue weighted by molar-refractivity contribution is 0.0606. The van der Waals surface area contributed by atoms with Gasteiger partial charge in [-0.25, -0.2) is 0 Å². The van der Waals surface area contributed by atoms with Crippen molar-refractivity contribution in [3.05, 3.63) is 48.0 Å². The van der Waals surface area contributed by atoms with E-state index in [9.17, 15) is 5.11 Å². The Morgan fingerprint density at radius 2 is 2.07 bits per heavy atom. The van der Waals surface area contributed by atoms with Gasteiger partial charge in [-0.2, -0.15) is 5.26 Å². The second-order valence-electron chi connectivity index (χ2n) is 3.38. The van der Waals surface area contributed by atoms with Gasteiger partial charge >= 0.3 is 0 Å². The fourth-order valence-electron chi connectivity index (χ4n) is 1.26. The Bertz CT molecular complexity index is 346. The summed E-state index contributed by atoms with van der Waals surface area (Å²) in [7, 11) is 0. The number of aliphatic hydroxyl groups is 1. The first-order valence-corrected chi connectivity index (χ1v) is 4.49. The number of hydrogen-bond acceptors (Lipinski definition) is 2. The lowest BCUT2D eigenvalue weighted by Crippen LogP contribution is -2.19. The van der Waals surface area contributed by atoms with E-state index >= 15 is 0 Å². The van der Waals surface area contributed by atoms with Crippen LogP contribution in [-0.4, -0.2) is 5.11 Å². The topological polar surface area (TPSA) is 44.0 Å². The van der Waals surface area contributed by atoms with Crippen molar-refractivity contribution < 1.29 is 5.11 Å². The second-order valence-corrected chi connectivity index (χ2v) is 3.38. The molecule has 0 aliphatic heterocycles. The first-order valence-electron chi connectivity index (χ1n) is 4.49. The molecule has 2 nitrogen and oxygen atoms in total. The van der Waals surface area contributed by atoms with Crippen LogP contribution < -0.4 is 0 Å². The van der Waals surface area contributed by atoms with Crippen LogP contribution in [0.3, 0.4) is 0 Å². The van der Waals surface area contributed by atoms with Gasteiger partial charge in [0, 0.05) is 6.08 Å². The number of allylic oxidation sites excluding steroid dienone is 1. The lowest BCUT2D eigenvalue weighted by atomic mass is 9.92. The van der Waals surface area contributed by atoms with Gasteiger partial charge in [-0.3, -0.25) is 0 Å². The van der Waals surface area contributed by atoms with Gasteiger partial charge in [0.05, 0.1) is 11.7 Å². The molecule has 0 unspecified atom stereocenters. The van der Waals surface area contributed by atoms with Crippen LogP contribution >= 0.6 is 0 Å². The molecule has 0 radical (unpaired) electrons. The van der Waals surface area contributed by atoms with Crippen molar-refractivity contribution in [3.63, 3.8) is 0 Å². The summed E-state index contributed by atoms with van der Waals surface area (Å²) in [5.41, 5.74) is -0.0307. The van der Waals surface area contributed by atoms with Crippen LogP contribution in [0.2, 0.25) is 0 Å². The summed E-state index contributed by atoms with van der Waals surface area (Å²) in [5.74, 6) is 0. The molecule has 0 aliphatic rings. The molecule has 1 aromatic carbocycles. The Morgan fingerprint density at radius 1 is 1.43 bits per heavy atom. The van der Waals surface area contributed by atoms with Crippen LogP contribution in [0, 0.1) is 11.3 Å². The average Bonchev–Trinajstić information content (AvgIpc) is 2.19. The quantitative estimate of drug-likeness (QED) is 0.738. The molecule has 0 amide bonds. The molecule has 0 spiro atoms. The normalized spacial score (nSPS) is 14.9. The van der Waals surface area contributed by atoms with E-state index in [-0.39, 0.29) is 0 Å². The molecular weight excluding hydrogens is 174 g/mol. The summed E-state index contributed by atoms with van der Waals surface area (Å²) in [6, 6.07) is 11.3. The van der Waals surface area contributed by atoms with E-state index in [2.05, 4.69) is 0 Å². The van der Waals surface area contributed by atoms with Gasteiger partial charge in [-0.1, -0.05) is 36.4 Å². The van der Waals surface area contributed by atoms with Crippen LogP contribution in [0.1, 0.15) is 18.9 Å². The molecule has 0 aliphatic carbocycles. The zero-order valence-electron chi connectivity index (χ0n) is 8.14. The molecule has 1 aromatic rings. The number of benzene rings is 1. The van der Waals surface area contributed by atoms with Crippen molar-refractivity contribution in [1.82, 2.24) is 0 Å². The van der Waals surface area contributed by atoms with E-state index in [0.29, 0.717) is 6.42 Å². The van der Waals surface area contributed by atoms with Gasteiger partial charge in [-0.05, 0) is 18.9 Å². The van der Waals surface area contributed by atoms with Crippen molar-refractivity contribution in [3.8, 4) is 6.07 Å². The Balaban J connectivity index is 2.76. The molecular formula is C12H13NO. The Hall–Kier alpha value is -1.59. The Labute approximate surface area is 84.1 Å². The minimum Gasteiger partial charge on any atom is -0.385 e. The minimum absolute atomic E-state index is 0.449. The Kier molecular flexibility index (Phi) is 3.44. The molecule has 1 N–H and O–H groups in total. The minimum atomic E-state index is -0.894. The van der Waals surface area contributed by atoms with Crippen LogP contribution in [0.5, 0.6) is 0 Å². The number of rotatable bonds is 3. The molecule has 0 heterocycles. The molecule has 0 bridgehead atoms. The van der Waals surface area contributed by atoms with Crippen molar-refractivity contribution in [2.24, 2.45) is 0 Å². The summed E-state index contributed by atoms with van der Waals surface area (Å²) in [5, 5.41) is 18.4. The number of hydrogen-bond donors (Lipinski definition) is 1. The first-order chi connectivity index (χ1) is 6.67. The molecule has 14 heavy (non-hydrogen) atoms. The molecule has 0 saturated carbocycles. The summed E-state index contributed by atoms with van der Waals surface area (Å²) in [4.78, 5) is 0. The third kappa shape index (κ3) is 2.72. The standard InChI is InChI=1S/C12H13NO/c1-12(14,9-5-6-10-13)11-7-3-2-4-8-11/h2-8,14H,9H2,1H3/b6-5-/t12-/m1/s1. The van der Waals surface area contributed by atoms with Crippen LogP contribution in [0.25, 0.3) is 0 Å². The first kappa shape index (κ1) is 10.5. The smallest absolute Gasteiger partial charge is 0.0908 e. The number of nitrogens with zero attached hydrogens (tertiary/aromatic N) is 1. The molecule has 1 atom stereocenters. The predicted octanol–water partition coefficient (Wildman–Crippen LogP) is 2.36. The van der Waals surface area contributed by atoms with E-state index in [4.69, 9.17) is 5.26 Å². The maximum absolute atomic E-state index is 10.1. The molecule has 0 fully saturated rings. The van der Waals surface area contributed by atoms with Gasteiger partial charge in [0.15, 0.2) is 0 Å². The Morgan fingerprint density at radius 3 is 2.64 bits per heavy atom. The van der Waals surface area contributed by atoms with E-state index < -0.39 is 5.60 Å². The third-order valence-corrected chi connectivity index (χ3v) is 2.10. The maximum Gasteiger partial charge on any atom is 0.0908 e. The van der Waals surface area contributed by atoms with Crippen molar-refractivity contribution in [1.29, 1.82) is 5.26 Å². The van der Waals surface area contributed by atoms with E-state index in [1.165, 1.54) is 6.08 Å². The maximum atomic E-state index is 10.1. The molecule has 0 aromatic heterocycles. The zero-order valence-corrected chi connectivity index (χ0v) is 8.14. The SMILES string of the molecule is C[C@@](O)(C/C=C\C#N)c1ccccc1. The third-order valence-electron chi connectivity index (χ3n) is 2.10. The van der Waals surface area contributed by atoms with Gasteiger partial charge in [-0.15, -0.1) is 0 Å². The average molecular weight is 187 g/mol. The van der Waals surface area contributed by atoms with Crippen molar-refractivity contribution >= 4 is 0 Å². The highest BCUT2D eigenvalue weighted by molar-refractivity contribution is 5.22. The summed E-state index contributed by atoms with van der Waals surface area (Å²) < 4.78 is 0. The predicted molar refractivity (Wildman–Crippen MR) is 55.4 cm³/mol. The molecule has 72 valence electrons. The molecule has 1 rings (SSSR count). The van der Waals surface area contributed by atoms with E-state index in [1.807, 2.05) is 36.4 Å². The fraction of sp³-hybridized carbons (Fsp3) is 0.250. The van der Waals surface area contributed by atoms with Crippen LogP contribution in [-0.2, 0) is 5.60 Å². The summed E-state index contributed by atoms with van der Waals surface area (Å²) in [6.07, 6.45) is 3.51. The van der Waals surface area contributed by atoms with Gasteiger partial charge < -0.3 is 5.11 Å². The molecule has 0 saturated heterocycles. The highest BCUT2D eigenvalue weighted by Gasteiger charge is 2.20. The highest BCUT2D eigenvalue weighted by atomic mass is 16.3. The van der Waals surface area contributed by atoms with E-state index in [1.54, 1.807) is 13.0 Å². The lowest BCUT2D eigenvalue weighted by Gasteiger charge is -2.21. The highest BCUT2D eigenvalue weighted by Crippen LogP contribution is 2.24. The van der Waals surface area contributed by atoms with Gasteiger partial charge in [0.25, 0.3) is 0 Å². The zero-order chi connectivity index (χ0) is 10.4. The fourth-order valence-corrected chi connectivity index (χ4v) is 1.26. The second kappa shape index (κ2) is 4.59. The van der Waals surface area contributed by atoms with Gasteiger partial charge in [0.2, 0.25) is 0 Å². The van der Waals surface area contributed by atoms with Crippen LogP contribution in [0.15, 0.2) is 42.5 Å². The van der Waals surface area contributed by atoms with Crippen molar-refractivity contribution in [2.75, 3.05) is 0 Å².